The summed E-state index contributed by atoms with van der Waals surface area (Å²) in [6.45, 7) is 0. The highest BCUT2D eigenvalue weighted by molar-refractivity contribution is 6.48. The van der Waals surface area contributed by atoms with Gasteiger partial charge in [0.05, 0.1) is 22.4 Å². The van der Waals surface area contributed by atoms with E-state index in [0.717, 1.165) is 18.2 Å². The maximum atomic E-state index is 14.7. The molecule has 4 rings (SSSR count). The number of rotatable bonds is 4. The lowest BCUT2D eigenvalue weighted by Gasteiger charge is -2.26. The van der Waals surface area contributed by atoms with Crippen LogP contribution < -0.4 is 5.01 Å². The molecule has 1 aromatic rings. The van der Waals surface area contributed by atoms with E-state index in [2.05, 4.69) is 5.10 Å². The minimum atomic E-state index is -4.76. The van der Waals surface area contributed by atoms with Gasteiger partial charge in [0.1, 0.15) is 0 Å². The first-order valence-corrected chi connectivity index (χ1v) is 10.1. The fraction of sp³-hybridized carbons (Fsp3) is 0.227. The Morgan fingerprint density at radius 2 is 2.00 bits per heavy atom. The van der Waals surface area contributed by atoms with Crippen molar-refractivity contribution >= 4 is 34.8 Å². The Labute approximate surface area is 184 Å². The molecule has 166 valence electrons. The second-order valence-corrected chi connectivity index (χ2v) is 7.94. The van der Waals surface area contributed by atoms with E-state index >= 15 is 0 Å². The van der Waals surface area contributed by atoms with Gasteiger partial charge in [-0.05, 0) is 31.1 Å². The monoisotopic (exact) mass is 467 g/mol. The fourth-order valence-corrected chi connectivity index (χ4v) is 4.31. The maximum Gasteiger partial charge on any atom is 0.413 e. The third-order valence-corrected chi connectivity index (χ3v) is 5.87. The van der Waals surface area contributed by atoms with Gasteiger partial charge in [-0.25, -0.2) is 9.18 Å². The summed E-state index contributed by atoms with van der Waals surface area (Å²) < 4.78 is 55.4. The lowest BCUT2D eigenvalue weighted by molar-refractivity contribution is -0.792. The van der Waals surface area contributed by atoms with Gasteiger partial charge in [-0.1, -0.05) is 29.4 Å². The third kappa shape index (κ3) is 3.82. The van der Waals surface area contributed by atoms with E-state index < -0.39 is 40.6 Å². The first kappa shape index (κ1) is 22.2. The minimum Gasteiger partial charge on any atom is -0.478 e. The Bertz CT molecular complexity index is 1160. The van der Waals surface area contributed by atoms with E-state index in [-0.39, 0.29) is 22.0 Å². The number of halogens is 5. The van der Waals surface area contributed by atoms with Gasteiger partial charge >= 0.3 is 12.1 Å². The number of hydrogen-bond acceptors (Lipinski definition) is 3. The fourth-order valence-electron chi connectivity index (χ4n) is 3.98. The molecule has 2 aliphatic carbocycles. The standard InChI is InChI=1S/C22H15ClF4N2O3/c23-14-6-3-5-13(22(25,26)27)18(14)20(30)19-12-4-1-2-7-16(12)29(28-19)17-9-8-11(21(31)32)10-15(17)24/h2-3,5-10,14,18H,1,4H2,(H,31,32)/p+1. The molecule has 2 N–H and O–H groups in total. The second-order valence-electron chi connectivity index (χ2n) is 7.43. The van der Waals surface area contributed by atoms with E-state index in [1.54, 1.807) is 12.2 Å². The zero-order valence-electron chi connectivity index (χ0n) is 16.3. The van der Waals surface area contributed by atoms with Crippen LogP contribution in [0.3, 0.4) is 0 Å². The minimum absolute atomic E-state index is 0.0469. The number of hydrogen-bond donors (Lipinski definition) is 2. The number of allylic oxidation sites excluding steroid dienone is 7. The highest BCUT2D eigenvalue weighted by Gasteiger charge is 2.48. The Balaban J connectivity index is 1.78. The van der Waals surface area contributed by atoms with E-state index in [4.69, 9.17) is 16.7 Å². The van der Waals surface area contributed by atoms with Gasteiger partial charge < -0.3 is 5.11 Å². The molecule has 0 spiro atoms. The van der Waals surface area contributed by atoms with Crippen molar-refractivity contribution in [2.75, 3.05) is 0 Å². The average Bonchev–Trinajstić information content (AvgIpc) is 3.12. The van der Waals surface area contributed by atoms with Crippen molar-refractivity contribution in [1.82, 2.24) is 0 Å². The number of aromatic carboxylic acids is 1. The Morgan fingerprint density at radius 3 is 2.66 bits per heavy atom. The first-order valence-electron chi connectivity index (χ1n) is 9.62. The molecule has 0 amide bonds. The van der Waals surface area contributed by atoms with Crippen LogP contribution >= 0.6 is 11.6 Å². The zero-order valence-corrected chi connectivity index (χ0v) is 17.0. The van der Waals surface area contributed by atoms with Crippen LogP contribution in [-0.2, 0) is 4.79 Å². The van der Waals surface area contributed by atoms with Gasteiger partial charge in [0.15, 0.2) is 28.7 Å². The van der Waals surface area contributed by atoms with E-state index in [0.29, 0.717) is 24.1 Å². The molecule has 3 atom stereocenters. The number of ketones is 1. The normalized spacial score (nSPS) is 24.8. The smallest absolute Gasteiger partial charge is 0.413 e. The summed E-state index contributed by atoms with van der Waals surface area (Å²) in [6.07, 6.45) is 2.84. The molecule has 0 aromatic heterocycles. The van der Waals surface area contributed by atoms with Crippen LogP contribution in [0.5, 0.6) is 0 Å². The maximum absolute atomic E-state index is 14.7. The van der Waals surface area contributed by atoms with Crippen molar-refractivity contribution < 1.29 is 37.3 Å². The number of carbonyl (C=O) groups is 2. The summed E-state index contributed by atoms with van der Waals surface area (Å²) in [5.41, 5.74) is -0.702. The number of carboxylic acid groups (broad SMARTS) is 1. The molecule has 0 fully saturated rings. The number of quaternary nitrogens is 1. The first-order chi connectivity index (χ1) is 15.1. The van der Waals surface area contributed by atoms with Crippen LogP contribution in [0.15, 0.2) is 70.5 Å². The van der Waals surface area contributed by atoms with E-state index in [1.165, 1.54) is 18.2 Å². The summed E-state index contributed by atoms with van der Waals surface area (Å²) in [5, 5.41) is 12.2. The van der Waals surface area contributed by atoms with Crippen molar-refractivity contribution in [3.8, 4) is 0 Å². The predicted octanol–water partition coefficient (Wildman–Crippen LogP) is 3.87. The number of nitrogens with one attached hydrogen (secondary N) is 1. The van der Waals surface area contributed by atoms with Crippen LogP contribution in [-0.4, -0.2) is 34.1 Å². The zero-order chi connectivity index (χ0) is 23.2. The van der Waals surface area contributed by atoms with Crippen LogP contribution in [0.4, 0.5) is 23.2 Å². The molecule has 32 heavy (non-hydrogen) atoms. The van der Waals surface area contributed by atoms with Crippen LogP contribution in [0.1, 0.15) is 23.2 Å². The number of carbonyl (C=O) groups excluding carboxylic acids is 1. The molecule has 0 saturated heterocycles. The molecule has 1 aliphatic heterocycles. The lowest BCUT2D eigenvalue weighted by atomic mass is 9.82. The molecule has 3 aliphatic rings. The quantitative estimate of drug-likeness (QED) is 0.522. The largest absolute Gasteiger partial charge is 0.478 e. The third-order valence-electron chi connectivity index (χ3n) is 5.47. The SMILES string of the molecule is O=C(O)c1ccc([NH+]2N=C(C(=O)C3C(C(F)(F)F)=CC=CC3Cl)C3=C2C=CCC3)c(F)c1. The molecule has 1 heterocycles. The number of carboxylic acids is 1. The van der Waals surface area contributed by atoms with Gasteiger partial charge in [-0.15, -0.1) is 16.6 Å². The Kier molecular flexibility index (Phi) is 5.64. The number of nitrogens with zero attached hydrogens (tertiary/aromatic N) is 1. The molecular weight excluding hydrogens is 452 g/mol. The van der Waals surface area contributed by atoms with Crippen LogP contribution in [0, 0.1) is 11.7 Å². The van der Waals surface area contributed by atoms with Crippen LogP contribution in [0.25, 0.3) is 0 Å². The molecule has 0 bridgehead atoms. The number of Topliss-reactive ketones (excluding diaryl/α,β-unsaturated/α-hetero) is 1. The highest BCUT2D eigenvalue weighted by atomic mass is 35.5. The summed E-state index contributed by atoms with van der Waals surface area (Å²) in [5.74, 6) is -4.75. The molecular formula is C22H16ClF4N2O3+. The lowest BCUT2D eigenvalue weighted by Crippen LogP contribution is -2.99. The van der Waals surface area contributed by atoms with Gasteiger partial charge in [-0.2, -0.15) is 13.2 Å². The molecule has 1 aromatic carbocycles. The van der Waals surface area contributed by atoms with Crippen molar-refractivity contribution in [2.45, 2.75) is 24.4 Å². The van der Waals surface area contributed by atoms with Crippen molar-refractivity contribution in [2.24, 2.45) is 11.0 Å². The molecule has 0 radical (unpaired) electrons. The van der Waals surface area contributed by atoms with Gasteiger partial charge in [0.25, 0.3) is 0 Å². The van der Waals surface area contributed by atoms with Crippen molar-refractivity contribution in [3.63, 3.8) is 0 Å². The molecule has 10 heteroatoms. The molecule has 3 unspecified atom stereocenters. The van der Waals surface area contributed by atoms with Crippen molar-refractivity contribution in [3.05, 3.63) is 76.8 Å². The summed E-state index contributed by atoms with van der Waals surface area (Å²) in [6, 6.07) is 3.26. The second kappa shape index (κ2) is 8.14. The topological polar surface area (TPSA) is 71.2 Å². The van der Waals surface area contributed by atoms with Gasteiger partial charge in [0, 0.05) is 11.6 Å². The summed E-state index contributed by atoms with van der Waals surface area (Å²) in [7, 11) is 0. The highest BCUT2D eigenvalue weighted by Crippen LogP contribution is 2.39. The van der Waals surface area contributed by atoms with E-state index in [1.807, 2.05) is 0 Å². The Morgan fingerprint density at radius 1 is 1.25 bits per heavy atom. The van der Waals surface area contributed by atoms with Gasteiger partial charge in [0.2, 0.25) is 0 Å². The van der Waals surface area contributed by atoms with E-state index in [9.17, 15) is 27.2 Å². The van der Waals surface area contributed by atoms with Gasteiger partial charge in [-0.3, -0.25) is 4.79 Å². The summed E-state index contributed by atoms with van der Waals surface area (Å²) in [4.78, 5) is 24.4. The van der Waals surface area contributed by atoms with Crippen LogP contribution in [0.2, 0.25) is 0 Å². The number of benzene rings is 1. The molecule has 0 saturated carbocycles. The summed E-state index contributed by atoms with van der Waals surface area (Å²) >= 11 is 6.10. The van der Waals surface area contributed by atoms with Crippen molar-refractivity contribution in [1.29, 1.82) is 0 Å². The Hall–Kier alpha value is -3.04. The number of alkyl halides is 4. The molecule has 5 nitrogen and oxygen atoms in total. The average molecular weight is 468 g/mol. The predicted molar refractivity (Wildman–Crippen MR) is 108 cm³/mol.